The highest BCUT2D eigenvalue weighted by atomic mass is 35.5. The Morgan fingerprint density at radius 1 is 1.21 bits per heavy atom. The maximum absolute atomic E-state index is 12.1. The van der Waals surface area contributed by atoms with Crippen LogP contribution in [0.3, 0.4) is 0 Å². The molecular weight excluding hydrogens is 342 g/mol. The van der Waals surface area contributed by atoms with E-state index in [0.29, 0.717) is 6.42 Å². The number of carbonyl (C=O) groups excluding carboxylic acids is 1. The van der Waals surface area contributed by atoms with E-state index in [1.54, 1.807) is 18.9 Å². The average Bonchev–Trinajstić information content (AvgIpc) is 2.60. The highest BCUT2D eigenvalue weighted by Gasteiger charge is 2.13. The number of hydrogen-bond acceptors (Lipinski definition) is 3. The van der Waals surface area contributed by atoms with Crippen molar-refractivity contribution >= 4 is 29.3 Å². The molecule has 0 saturated heterocycles. The Labute approximate surface area is 152 Å². The average molecular weight is 364 g/mol. The van der Waals surface area contributed by atoms with Gasteiger partial charge in [0.1, 0.15) is 5.75 Å². The number of benzene rings is 2. The molecule has 1 amide bonds. The van der Waals surface area contributed by atoms with Crippen molar-refractivity contribution in [3.05, 3.63) is 59.1 Å². The standard InChI is InChI=1S/C19H22ClNO2S/c1-14(17-6-3-4-7-18(17)23-2)21-19(22)8-5-13-24-16-11-9-15(20)10-12-16/h3-4,6-7,9-12,14H,5,8,13H2,1-2H3,(H,21,22)/t14-/m1/s1. The Morgan fingerprint density at radius 3 is 2.62 bits per heavy atom. The molecule has 5 heteroatoms. The molecule has 0 saturated carbocycles. The van der Waals surface area contributed by atoms with Crippen LogP contribution in [0.1, 0.15) is 31.4 Å². The number of methoxy groups -OCH3 is 1. The van der Waals surface area contributed by atoms with Crippen molar-refractivity contribution in [2.24, 2.45) is 0 Å². The first-order chi connectivity index (χ1) is 11.6. The van der Waals surface area contributed by atoms with E-state index < -0.39 is 0 Å². The monoisotopic (exact) mass is 363 g/mol. The predicted octanol–water partition coefficient (Wildman–Crippen LogP) is 5.10. The number of nitrogens with one attached hydrogen (secondary N) is 1. The van der Waals surface area contributed by atoms with E-state index in [0.717, 1.165) is 28.5 Å². The molecule has 0 fully saturated rings. The van der Waals surface area contributed by atoms with E-state index in [9.17, 15) is 4.79 Å². The first kappa shape index (κ1) is 18.7. The molecule has 0 unspecified atom stereocenters. The highest BCUT2D eigenvalue weighted by molar-refractivity contribution is 7.99. The van der Waals surface area contributed by atoms with Gasteiger partial charge in [0, 0.05) is 21.9 Å². The molecule has 2 rings (SSSR count). The minimum Gasteiger partial charge on any atom is -0.496 e. The quantitative estimate of drug-likeness (QED) is 0.524. The topological polar surface area (TPSA) is 38.3 Å². The Balaban J connectivity index is 1.73. The van der Waals surface area contributed by atoms with Crippen LogP contribution in [0.2, 0.25) is 5.02 Å². The van der Waals surface area contributed by atoms with E-state index >= 15 is 0 Å². The maximum Gasteiger partial charge on any atom is 0.220 e. The molecule has 1 atom stereocenters. The summed E-state index contributed by atoms with van der Waals surface area (Å²) in [6.45, 7) is 1.97. The van der Waals surface area contributed by atoms with Gasteiger partial charge < -0.3 is 10.1 Å². The summed E-state index contributed by atoms with van der Waals surface area (Å²) < 4.78 is 5.34. The zero-order valence-electron chi connectivity index (χ0n) is 13.9. The second-order valence-electron chi connectivity index (χ2n) is 5.44. The van der Waals surface area contributed by atoms with E-state index in [4.69, 9.17) is 16.3 Å². The lowest BCUT2D eigenvalue weighted by Gasteiger charge is -2.17. The van der Waals surface area contributed by atoms with Crippen molar-refractivity contribution in [3.63, 3.8) is 0 Å². The number of amides is 1. The second-order valence-corrected chi connectivity index (χ2v) is 7.04. The van der Waals surface area contributed by atoms with E-state index in [1.165, 1.54) is 4.90 Å². The second kappa shape index (κ2) is 9.60. The Bertz CT molecular complexity index is 661. The molecule has 3 nitrogen and oxygen atoms in total. The van der Waals surface area contributed by atoms with Crippen molar-refractivity contribution in [1.82, 2.24) is 5.32 Å². The molecule has 24 heavy (non-hydrogen) atoms. The third-order valence-electron chi connectivity index (χ3n) is 3.61. The molecule has 0 bridgehead atoms. The number of ether oxygens (including phenoxy) is 1. The van der Waals surface area contributed by atoms with Gasteiger partial charge in [-0.15, -0.1) is 11.8 Å². The third-order valence-corrected chi connectivity index (χ3v) is 4.96. The molecule has 2 aromatic rings. The van der Waals surface area contributed by atoms with Crippen LogP contribution in [-0.4, -0.2) is 18.8 Å². The maximum atomic E-state index is 12.1. The SMILES string of the molecule is COc1ccccc1[C@@H](C)NC(=O)CCCSc1ccc(Cl)cc1. The molecule has 0 spiro atoms. The van der Waals surface area contributed by atoms with Crippen molar-refractivity contribution in [2.75, 3.05) is 12.9 Å². The minimum absolute atomic E-state index is 0.0603. The van der Waals surface area contributed by atoms with Crippen LogP contribution in [0.4, 0.5) is 0 Å². The van der Waals surface area contributed by atoms with Crippen molar-refractivity contribution < 1.29 is 9.53 Å². The van der Waals surface area contributed by atoms with Gasteiger partial charge in [-0.25, -0.2) is 0 Å². The number of hydrogen-bond donors (Lipinski definition) is 1. The first-order valence-electron chi connectivity index (χ1n) is 7.91. The minimum atomic E-state index is -0.0717. The van der Waals surface area contributed by atoms with E-state index in [-0.39, 0.29) is 11.9 Å². The van der Waals surface area contributed by atoms with Crippen LogP contribution in [0.5, 0.6) is 5.75 Å². The molecule has 1 N–H and O–H groups in total. The number of thioether (sulfide) groups is 1. The zero-order chi connectivity index (χ0) is 17.4. The van der Waals surface area contributed by atoms with Crippen LogP contribution in [0, 0.1) is 0 Å². The van der Waals surface area contributed by atoms with Crippen LogP contribution in [0.25, 0.3) is 0 Å². The van der Waals surface area contributed by atoms with Crippen LogP contribution < -0.4 is 10.1 Å². The summed E-state index contributed by atoms with van der Waals surface area (Å²) in [6.07, 6.45) is 1.35. The van der Waals surface area contributed by atoms with Crippen LogP contribution in [0.15, 0.2) is 53.4 Å². The van der Waals surface area contributed by atoms with Gasteiger partial charge in [-0.3, -0.25) is 4.79 Å². The number of carbonyl (C=O) groups is 1. The van der Waals surface area contributed by atoms with Crippen molar-refractivity contribution in [1.29, 1.82) is 0 Å². The fraction of sp³-hybridized carbons (Fsp3) is 0.316. The molecule has 0 aliphatic heterocycles. The van der Waals surface area contributed by atoms with Gasteiger partial charge >= 0.3 is 0 Å². The van der Waals surface area contributed by atoms with Crippen molar-refractivity contribution in [3.8, 4) is 5.75 Å². The number of para-hydroxylation sites is 1. The summed E-state index contributed by atoms with van der Waals surface area (Å²) in [5.41, 5.74) is 0.990. The molecule has 0 aromatic heterocycles. The summed E-state index contributed by atoms with van der Waals surface area (Å²) in [6, 6.07) is 15.4. The van der Waals surface area contributed by atoms with Gasteiger partial charge in [-0.05, 0) is 49.4 Å². The Kier molecular flexibility index (Phi) is 7.47. The Morgan fingerprint density at radius 2 is 1.92 bits per heavy atom. The summed E-state index contributed by atoms with van der Waals surface area (Å²) in [4.78, 5) is 13.3. The molecule has 128 valence electrons. The first-order valence-corrected chi connectivity index (χ1v) is 9.27. The lowest BCUT2D eigenvalue weighted by Crippen LogP contribution is -2.26. The van der Waals surface area contributed by atoms with Gasteiger partial charge in [0.25, 0.3) is 0 Å². The third kappa shape index (κ3) is 5.77. The summed E-state index contributed by atoms with van der Waals surface area (Å²) in [5.74, 6) is 1.76. The smallest absolute Gasteiger partial charge is 0.220 e. The van der Waals surface area contributed by atoms with Crippen LogP contribution in [-0.2, 0) is 4.79 Å². The zero-order valence-corrected chi connectivity index (χ0v) is 15.5. The van der Waals surface area contributed by atoms with Crippen LogP contribution >= 0.6 is 23.4 Å². The largest absolute Gasteiger partial charge is 0.496 e. The van der Waals surface area contributed by atoms with Gasteiger partial charge in [0.2, 0.25) is 5.91 Å². The Hall–Kier alpha value is -1.65. The summed E-state index contributed by atoms with van der Waals surface area (Å²) in [7, 11) is 1.64. The lowest BCUT2D eigenvalue weighted by atomic mass is 10.1. The molecule has 2 aromatic carbocycles. The van der Waals surface area contributed by atoms with E-state index in [1.807, 2.05) is 55.5 Å². The molecular formula is C19H22ClNO2S. The van der Waals surface area contributed by atoms with Gasteiger partial charge in [0.05, 0.1) is 13.2 Å². The number of halogens is 1. The van der Waals surface area contributed by atoms with Gasteiger partial charge in [-0.1, -0.05) is 29.8 Å². The lowest BCUT2D eigenvalue weighted by molar-refractivity contribution is -0.121. The molecule has 0 aliphatic carbocycles. The fourth-order valence-corrected chi connectivity index (χ4v) is 3.35. The summed E-state index contributed by atoms with van der Waals surface area (Å²) >= 11 is 7.60. The number of rotatable bonds is 8. The molecule has 0 heterocycles. The molecule has 0 aliphatic rings. The van der Waals surface area contributed by atoms with Gasteiger partial charge in [-0.2, -0.15) is 0 Å². The predicted molar refractivity (Wildman–Crippen MR) is 101 cm³/mol. The van der Waals surface area contributed by atoms with E-state index in [2.05, 4.69) is 5.32 Å². The normalized spacial score (nSPS) is 11.8. The van der Waals surface area contributed by atoms with Gasteiger partial charge in [0.15, 0.2) is 0 Å². The highest BCUT2D eigenvalue weighted by Crippen LogP contribution is 2.25. The summed E-state index contributed by atoms with van der Waals surface area (Å²) in [5, 5.41) is 3.77. The molecule has 0 radical (unpaired) electrons. The van der Waals surface area contributed by atoms with Crippen molar-refractivity contribution in [2.45, 2.75) is 30.7 Å². The fourth-order valence-electron chi connectivity index (χ4n) is 2.37.